The average Bonchev–Trinajstić information content (AvgIpc) is 2.13. The summed E-state index contributed by atoms with van der Waals surface area (Å²) in [7, 11) is 0. The van der Waals surface area contributed by atoms with Crippen molar-refractivity contribution in [2.75, 3.05) is 13.2 Å². The zero-order chi connectivity index (χ0) is 10.8. The second kappa shape index (κ2) is 8.10. The number of carboxylic acid groups (broad SMARTS) is 1. The molecule has 0 aromatic heterocycles. The molecule has 0 aliphatic carbocycles. The summed E-state index contributed by atoms with van der Waals surface area (Å²) in [5.41, 5.74) is 0. The minimum Gasteiger partial charge on any atom is -0.481 e. The van der Waals surface area contributed by atoms with Crippen molar-refractivity contribution in [3.8, 4) is 0 Å². The summed E-state index contributed by atoms with van der Waals surface area (Å²) >= 11 is 0. The molecule has 0 radical (unpaired) electrons. The number of hydrogen-bond acceptors (Lipinski definition) is 3. The Labute approximate surface area is 82.7 Å². The zero-order valence-corrected chi connectivity index (χ0v) is 7.99. The topological polar surface area (TPSA) is 75.6 Å². The predicted molar refractivity (Wildman–Crippen MR) is 51.0 cm³/mol. The molecule has 14 heavy (non-hydrogen) atoms. The van der Waals surface area contributed by atoms with Crippen molar-refractivity contribution >= 4 is 12.1 Å². The molecular formula is C9H15NO4. The third-order valence-corrected chi connectivity index (χ3v) is 1.42. The summed E-state index contributed by atoms with van der Waals surface area (Å²) in [6.45, 7) is 4.01. The van der Waals surface area contributed by atoms with E-state index in [2.05, 4.69) is 16.6 Å². The lowest BCUT2D eigenvalue weighted by atomic mass is 10.2. The summed E-state index contributed by atoms with van der Waals surface area (Å²) in [6, 6.07) is 0. The number of unbranched alkanes of at least 4 members (excludes halogenated alkanes) is 1. The highest BCUT2D eigenvalue weighted by molar-refractivity contribution is 5.67. The molecule has 2 N–H and O–H groups in total. The minimum atomic E-state index is -0.820. The highest BCUT2D eigenvalue weighted by Crippen LogP contribution is 1.93. The SMILES string of the molecule is C=CCOC(=O)NCCCCC(=O)O. The molecule has 0 saturated heterocycles. The van der Waals surface area contributed by atoms with E-state index >= 15 is 0 Å². The van der Waals surface area contributed by atoms with Gasteiger partial charge in [0.25, 0.3) is 0 Å². The van der Waals surface area contributed by atoms with Gasteiger partial charge in [0.2, 0.25) is 0 Å². The molecule has 5 nitrogen and oxygen atoms in total. The maximum absolute atomic E-state index is 10.8. The van der Waals surface area contributed by atoms with Gasteiger partial charge in [0.1, 0.15) is 6.61 Å². The van der Waals surface area contributed by atoms with Gasteiger partial charge in [-0.2, -0.15) is 0 Å². The first kappa shape index (κ1) is 12.5. The van der Waals surface area contributed by atoms with Crippen molar-refractivity contribution in [2.24, 2.45) is 0 Å². The zero-order valence-electron chi connectivity index (χ0n) is 7.99. The average molecular weight is 201 g/mol. The van der Waals surface area contributed by atoms with Crippen LogP contribution in [0, 0.1) is 0 Å². The predicted octanol–water partition coefficient (Wildman–Crippen LogP) is 1.15. The summed E-state index contributed by atoms with van der Waals surface area (Å²) < 4.78 is 4.63. The Bertz CT molecular complexity index is 203. The van der Waals surface area contributed by atoms with Crippen LogP contribution in [0.15, 0.2) is 12.7 Å². The maximum Gasteiger partial charge on any atom is 0.407 e. The Balaban J connectivity index is 3.22. The number of alkyl carbamates (subject to hydrolysis) is 1. The number of aliphatic carboxylic acids is 1. The number of ether oxygens (including phenoxy) is 1. The lowest BCUT2D eigenvalue weighted by Crippen LogP contribution is -2.25. The summed E-state index contributed by atoms with van der Waals surface area (Å²) in [5.74, 6) is -0.820. The lowest BCUT2D eigenvalue weighted by Gasteiger charge is -2.03. The number of hydrogen-bond donors (Lipinski definition) is 2. The largest absolute Gasteiger partial charge is 0.481 e. The fourth-order valence-corrected chi connectivity index (χ4v) is 0.777. The fourth-order valence-electron chi connectivity index (χ4n) is 0.777. The van der Waals surface area contributed by atoms with Crippen molar-refractivity contribution in [1.29, 1.82) is 0 Å². The van der Waals surface area contributed by atoms with Crippen molar-refractivity contribution in [2.45, 2.75) is 19.3 Å². The van der Waals surface area contributed by atoms with Gasteiger partial charge in [0, 0.05) is 13.0 Å². The number of carboxylic acids is 1. The van der Waals surface area contributed by atoms with Crippen LogP contribution in [-0.4, -0.2) is 30.3 Å². The monoisotopic (exact) mass is 201 g/mol. The van der Waals surface area contributed by atoms with Gasteiger partial charge in [-0.05, 0) is 12.8 Å². The van der Waals surface area contributed by atoms with Crippen LogP contribution < -0.4 is 5.32 Å². The van der Waals surface area contributed by atoms with E-state index in [0.717, 1.165) is 0 Å². The van der Waals surface area contributed by atoms with E-state index in [0.29, 0.717) is 19.4 Å². The van der Waals surface area contributed by atoms with E-state index in [1.54, 1.807) is 0 Å². The van der Waals surface area contributed by atoms with Crippen LogP contribution in [0.25, 0.3) is 0 Å². The Morgan fingerprint density at radius 3 is 2.71 bits per heavy atom. The number of nitrogens with one attached hydrogen (secondary N) is 1. The first-order chi connectivity index (χ1) is 6.66. The molecule has 0 fully saturated rings. The molecule has 0 rings (SSSR count). The van der Waals surface area contributed by atoms with Crippen molar-refractivity contribution < 1.29 is 19.4 Å². The minimum absolute atomic E-state index is 0.128. The molecule has 0 aliphatic rings. The van der Waals surface area contributed by atoms with Gasteiger partial charge in [0.15, 0.2) is 0 Å². The van der Waals surface area contributed by atoms with Crippen LogP contribution in [-0.2, 0) is 9.53 Å². The Hall–Kier alpha value is -1.52. The number of rotatable bonds is 7. The van der Waals surface area contributed by atoms with Gasteiger partial charge in [0.05, 0.1) is 0 Å². The molecular weight excluding hydrogens is 186 g/mol. The van der Waals surface area contributed by atoms with Crippen LogP contribution in [0.1, 0.15) is 19.3 Å². The molecule has 0 saturated carbocycles. The lowest BCUT2D eigenvalue weighted by molar-refractivity contribution is -0.137. The molecule has 0 spiro atoms. The van der Waals surface area contributed by atoms with Crippen molar-refractivity contribution in [3.63, 3.8) is 0 Å². The molecule has 1 amide bonds. The molecule has 0 bridgehead atoms. The third kappa shape index (κ3) is 8.58. The third-order valence-electron chi connectivity index (χ3n) is 1.42. The number of carbonyl (C=O) groups is 2. The Morgan fingerprint density at radius 1 is 1.43 bits per heavy atom. The van der Waals surface area contributed by atoms with Crippen LogP contribution in [0.3, 0.4) is 0 Å². The van der Waals surface area contributed by atoms with E-state index in [-0.39, 0.29) is 13.0 Å². The Kier molecular flexibility index (Phi) is 7.22. The summed E-state index contributed by atoms with van der Waals surface area (Å²) in [4.78, 5) is 20.9. The highest BCUT2D eigenvalue weighted by atomic mass is 16.5. The van der Waals surface area contributed by atoms with E-state index in [4.69, 9.17) is 5.11 Å². The van der Waals surface area contributed by atoms with Crippen LogP contribution in [0.4, 0.5) is 4.79 Å². The summed E-state index contributed by atoms with van der Waals surface area (Å²) in [5, 5.41) is 10.8. The normalized spacial score (nSPS) is 9.14. The first-order valence-electron chi connectivity index (χ1n) is 4.40. The molecule has 0 aromatic rings. The smallest absolute Gasteiger partial charge is 0.407 e. The Morgan fingerprint density at radius 2 is 2.14 bits per heavy atom. The molecule has 80 valence electrons. The van der Waals surface area contributed by atoms with Crippen LogP contribution in [0.2, 0.25) is 0 Å². The molecule has 0 aliphatic heterocycles. The van der Waals surface area contributed by atoms with Gasteiger partial charge in [-0.15, -0.1) is 0 Å². The first-order valence-corrected chi connectivity index (χ1v) is 4.40. The highest BCUT2D eigenvalue weighted by Gasteiger charge is 2.00. The molecule has 5 heteroatoms. The van der Waals surface area contributed by atoms with E-state index < -0.39 is 12.1 Å². The van der Waals surface area contributed by atoms with Gasteiger partial charge in [-0.3, -0.25) is 4.79 Å². The van der Waals surface area contributed by atoms with Gasteiger partial charge in [-0.1, -0.05) is 12.7 Å². The quantitative estimate of drug-likeness (QED) is 0.478. The molecule has 0 atom stereocenters. The van der Waals surface area contributed by atoms with E-state index in [9.17, 15) is 9.59 Å². The van der Waals surface area contributed by atoms with Gasteiger partial charge in [-0.25, -0.2) is 4.79 Å². The standard InChI is InChI=1S/C9H15NO4/c1-2-7-14-9(13)10-6-4-3-5-8(11)12/h2H,1,3-7H2,(H,10,13)(H,11,12). The maximum atomic E-state index is 10.8. The fraction of sp³-hybridized carbons (Fsp3) is 0.556. The van der Waals surface area contributed by atoms with Crippen molar-refractivity contribution in [3.05, 3.63) is 12.7 Å². The van der Waals surface area contributed by atoms with E-state index in [1.165, 1.54) is 6.08 Å². The second-order valence-corrected chi connectivity index (χ2v) is 2.66. The summed E-state index contributed by atoms with van der Waals surface area (Å²) in [6.07, 6.45) is 2.29. The number of amides is 1. The van der Waals surface area contributed by atoms with Gasteiger partial charge < -0.3 is 15.2 Å². The van der Waals surface area contributed by atoms with Crippen LogP contribution in [0.5, 0.6) is 0 Å². The molecule has 0 aromatic carbocycles. The van der Waals surface area contributed by atoms with E-state index in [1.807, 2.05) is 0 Å². The number of carbonyl (C=O) groups excluding carboxylic acids is 1. The van der Waals surface area contributed by atoms with Crippen LogP contribution >= 0.6 is 0 Å². The molecule has 0 heterocycles. The second-order valence-electron chi connectivity index (χ2n) is 2.66. The van der Waals surface area contributed by atoms with Crippen molar-refractivity contribution in [1.82, 2.24) is 5.32 Å². The van der Waals surface area contributed by atoms with Gasteiger partial charge >= 0.3 is 12.1 Å². The molecule has 0 unspecified atom stereocenters.